The number of hydrogen-bond acceptors (Lipinski definition) is 2. The van der Waals surface area contributed by atoms with Gasteiger partial charge in [0.25, 0.3) is 0 Å². The van der Waals surface area contributed by atoms with Crippen LogP contribution >= 0.6 is 0 Å². The molecule has 0 fully saturated rings. The van der Waals surface area contributed by atoms with Crippen LogP contribution in [0.1, 0.15) is 11.1 Å². The van der Waals surface area contributed by atoms with Crippen LogP contribution in [0.2, 0.25) is 0 Å². The second-order valence-electron chi connectivity index (χ2n) is 2.40. The molecule has 0 saturated carbocycles. The van der Waals surface area contributed by atoms with Gasteiger partial charge in [0.1, 0.15) is 0 Å². The van der Waals surface area contributed by atoms with Gasteiger partial charge in [0.2, 0.25) is 0 Å². The monoisotopic (exact) mass is 150 g/mol. The van der Waals surface area contributed by atoms with Crippen molar-refractivity contribution < 1.29 is 9.90 Å². The molecule has 0 amide bonds. The minimum atomic E-state index is -0.951. The van der Waals surface area contributed by atoms with Gasteiger partial charge in [-0.05, 0) is 0 Å². The summed E-state index contributed by atoms with van der Waals surface area (Å²) in [6.07, 6.45) is 3.89. The molecule has 56 valence electrons. The molecule has 2 heterocycles. The Morgan fingerprint density at radius 3 is 3.09 bits per heavy atom. The molecule has 0 unspecified atom stereocenters. The largest absolute Gasteiger partial charge is 0.464 e. The van der Waals surface area contributed by atoms with Gasteiger partial charge >= 0.3 is 6.09 Å². The van der Waals surface area contributed by atoms with Crippen molar-refractivity contribution in [1.29, 1.82) is 0 Å². The first-order chi connectivity index (χ1) is 5.27. The molecular formula is C7H6N2O2. The Hall–Kier alpha value is -1.58. The van der Waals surface area contributed by atoms with Gasteiger partial charge in [-0.25, -0.2) is 4.79 Å². The Bertz CT molecular complexity index is 338. The van der Waals surface area contributed by atoms with E-state index >= 15 is 0 Å². The average Bonchev–Trinajstić information content (AvgIpc) is 2.40. The van der Waals surface area contributed by atoms with Crippen LogP contribution in [-0.2, 0) is 6.54 Å². The predicted molar refractivity (Wildman–Crippen MR) is 39.2 cm³/mol. The van der Waals surface area contributed by atoms with E-state index in [9.17, 15) is 4.79 Å². The van der Waals surface area contributed by atoms with E-state index in [1.807, 2.05) is 0 Å². The number of carbonyl (C=O) groups is 1. The number of nitrogens with zero attached hydrogens (tertiary/aromatic N) is 2. The van der Waals surface area contributed by atoms with Crippen LogP contribution in [0, 0.1) is 0 Å². The lowest BCUT2D eigenvalue weighted by Gasteiger charge is -1.89. The van der Waals surface area contributed by atoms with E-state index in [0.717, 1.165) is 15.7 Å². The highest BCUT2D eigenvalue weighted by molar-refractivity contribution is 5.85. The Kier molecular flexibility index (Phi) is 1.09. The Morgan fingerprint density at radius 1 is 1.64 bits per heavy atom. The second kappa shape index (κ2) is 1.95. The van der Waals surface area contributed by atoms with E-state index in [2.05, 4.69) is 4.99 Å². The molecule has 0 atom stereocenters. The van der Waals surface area contributed by atoms with Crippen molar-refractivity contribution in [2.75, 3.05) is 0 Å². The number of rotatable bonds is 0. The zero-order chi connectivity index (χ0) is 7.84. The fourth-order valence-electron chi connectivity index (χ4n) is 1.11. The van der Waals surface area contributed by atoms with Crippen molar-refractivity contribution in [2.45, 2.75) is 6.54 Å². The molecule has 0 radical (unpaired) electrons. The molecule has 0 saturated heterocycles. The van der Waals surface area contributed by atoms with E-state index in [1.54, 1.807) is 18.6 Å². The van der Waals surface area contributed by atoms with E-state index in [4.69, 9.17) is 5.11 Å². The Labute approximate surface area is 62.8 Å². The molecule has 1 N–H and O–H groups in total. The SMILES string of the molecule is O=C(O)n1cc2c(c1)CN=C2. The maximum Gasteiger partial charge on any atom is 0.415 e. The molecule has 0 spiro atoms. The quantitative estimate of drug-likeness (QED) is 0.598. The topological polar surface area (TPSA) is 54.6 Å². The van der Waals surface area contributed by atoms with Crippen LogP contribution < -0.4 is 0 Å². The van der Waals surface area contributed by atoms with E-state index in [1.165, 1.54) is 0 Å². The average molecular weight is 150 g/mol. The number of carboxylic acid groups (broad SMARTS) is 1. The lowest BCUT2D eigenvalue weighted by Crippen LogP contribution is -2.04. The summed E-state index contributed by atoms with van der Waals surface area (Å²) in [4.78, 5) is 14.4. The molecule has 1 aromatic rings. The molecule has 2 rings (SSSR count). The fraction of sp³-hybridized carbons (Fsp3) is 0.143. The third-order valence-electron chi connectivity index (χ3n) is 1.66. The number of fused-ring (bicyclic) bond motifs is 1. The van der Waals surface area contributed by atoms with Crippen LogP contribution in [-0.4, -0.2) is 22.0 Å². The summed E-state index contributed by atoms with van der Waals surface area (Å²) in [6, 6.07) is 0. The van der Waals surface area contributed by atoms with Gasteiger partial charge in [0.05, 0.1) is 6.54 Å². The van der Waals surface area contributed by atoms with Gasteiger partial charge in [-0.15, -0.1) is 0 Å². The van der Waals surface area contributed by atoms with Crippen molar-refractivity contribution in [2.24, 2.45) is 4.99 Å². The minimum absolute atomic E-state index is 0.607. The normalized spacial score (nSPS) is 13.5. The van der Waals surface area contributed by atoms with Gasteiger partial charge in [-0.1, -0.05) is 0 Å². The highest BCUT2D eigenvalue weighted by atomic mass is 16.4. The first-order valence-electron chi connectivity index (χ1n) is 3.21. The van der Waals surface area contributed by atoms with Crippen molar-refractivity contribution in [3.8, 4) is 0 Å². The molecule has 11 heavy (non-hydrogen) atoms. The summed E-state index contributed by atoms with van der Waals surface area (Å²) in [6.45, 7) is 0.607. The lowest BCUT2D eigenvalue weighted by atomic mass is 10.2. The van der Waals surface area contributed by atoms with Crippen molar-refractivity contribution in [1.82, 2.24) is 4.57 Å². The highest BCUT2D eigenvalue weighted by Crippen LogP contribution is 2.14. The van der Waals surface area contributed by atoms with E-state index in [-0.39, 0.29) is 0 Å². The third-order valence-corrected chi connectivity index (χ3v) is 1.66. The van der Waals surface area contributed by atoms with Gasteiger partial charge in [0, 0.05) is 29.7 Å². The summed E-state index contributed by atoms with van der Waals surface area (Å²) in [7, 11) is 0. The molecule has 4 nitrogen and oxygen atoms in total. The minimum Gasteiger partial charge on any atom is -0.464 e. The van der Waals surface area contributed by atoms with Crippen LogP contribution in [0.5, 0.6) is 0 Å². The number of aromatic nitrogens is 1. The van der Waals surface area contributed by atoms with Crippen LogP contribution in [0.15, 0.2) is 17.4 Å². The summed E-state index contributed by atoms with van der Waals surface area (Å²) in [5.41, 5.74) is 1.89. The summed E-state index contributed by atoms with van der Waals surface area (Å²) in [5, 5.41) is 8.56. The smallest absolute Gasteiger partial charge is 0.415 e. The van der Waals surface area contributed by atoms with Crippen LogP contribution in [0.25, 0.3) is 0 Å². The molecule has 1 aromatic heterocycles. The van der Waals surface area contributed by atoms with Gasteiger partial charge < -0.3 is 5.11 Å². The van der Waals surface area contributed by atoms with Crippen molar-refractivity contribution in [3.63, 3.8) is 0 Å². The van der Waals surface area contributed by atoms with Gasteiger partial charge in [0.15, 0.2) is 0 Å². The molecule has 1 aliphatic rings. The van der Waals surface area contributed by atoms with E-state index < -0.39 is 6.09 Å². The summed E-state index contributed by atoms with van der Waals surface area (Å²) >= 11 is 0. The Morgan fingerprint density at radius 2 is 2.45 bits per heavy atom. The zero-order valence-corrected chi connectivity index (χ0v) is 5.69. The fourth-order valence-corrected chi connectivity index (χ4v) is 1.11. The first kappa shape index (κ1) is 6.15. The first-order valence-corrected chi connectivity index (χ1v) is 3.21. The maximum absolute atomic E-state index is 10.4. The van der Waals surface area contributed by atoms with Crippen molar-refractivity contribution >= 4 is 12.3 Å². The van der Waals surface area contributed by atoms with E-state index in [0.29, 0.717) is 6.54 Å². The molecule has 0 bridgehead atoms. The third kappa shape index (κ3) is 0.832. The number of hydrogen-bond donors (Lipinski definition) is 1. The van der Waals surface area contributed by atoms with Crippen LogP contribution in [0.3, 0.4) is 0 Å². The summed E-state index contributed by atoms with van der Waals surface area (Å²) < 4.78 is 1.15. The van der Waals surface area contributed by atoms with Gasteiger partial charge in [-0.2, -0.15) is 0 Å². The van der Waals surface area contributed by atoms with Crippen LogP contribution in [0.4, 0.5) is 4.79 Å². The zero-order valence-electron chi connectivity index (χ0n) is 5.69. The number of aliphatic imine (C=N–C) groups is 1. The predicted octanol–water partition coefficient (Wildman–Crippen LogP) is 0.947. The maximum atomic E-state index is 10.4. The second-order valence-corrected chi connectivity index (χ2v) is 2.40. The molecular weight excluding hydrogens is 144 g/mol. The molecule has 4 heteroatoms. The lowest BCUT2D eigenvalue weighted by molar-refractivity contribution is 0.196. The standard InChI is InChI=1S/C7H6N2O2/c10-7(11)9-3-5-1-8-2-6(5)4-9/h1,3-4H,2H2,(H,10,11). The molecule has 0 aromatic carbocycles. The summed E-state index contributed by atoms with van der Waals surface area (Å²) in [5.74, 6) is 0. The Balaban J connectivity index is 2.49. The molecule has 0 aliphatic carbocycles. The van der Waals surface area contributed by atoms with Crippen molar-refractivity contribution in [3.05, 3.63) is 23.5 Å². The van der Waals surface area contributed by atoms with Gasteiger partial charge in [-0.3, -0.25) is 9.56 Å². The highest BCUT2D eigenvalue weighted by Gasteiger charge is 2.11. The molecule has 1 aliphatic heterocycles.